The van der Waals surface area contributed by atoms with Crippen molar-refractivity contribution in [2.75, 3.05) is 0 Å². The molecule has 5 atom stereocenters. The molecule has 0 N–H and O–H groups in total. The van der Waals surface area contributed by atoms with Crippen LogP contribution in [0.15, 0.2) is 0 Å². The minimum atomic E-state index is 0.884. The maximum atomic E-state index is 2.60. The van der Waals surface area contributed by atoms with Crippen LogP contribution < -0.4 is 0 Å². The van der Waals surface area contributed by atoms with Gasteiger partial charge >= 0.3 is 0 Å². The molecule has 0 saturated heterocycles. The van der Waals surface area contributed by atoms with Gasteiger partial charge in [-0.05, 0) is 48.9 Å². The fourth-order valence-electron chi connectivity index (χ4n) is 7.39. The zero-order chi connectivity index (χ0) is 30.4. The van der Waals surface area contributed by atoms with E-state index >= 15 is 0 Å². The van der Waals surface area contributed by atoms with Crippen LogP contribution in [0.5, 0.6) is 0 Å². The van der Waals surface area contributed by atoms with E-state index in [1.54, 1.807) is 0 Å². The minimum absolute atomic E-state index is 0.884. The van der Waals surface area contributed by atoms with Crippen LogP contribution in [0.2, 0.25) is 0 Å². The van der Waals surface area contributed by atoms with E-state index in [4.69, 9.17) is 0 Å². The van der Waals surface area contributed by atoms with Crippen molar-refractivity contribution in [1.82, 2.24) is 0 Å². The first-order chi connectivity index (χ1) is 20.0. The van der Waals surface area contributed by atoms with Crippen molar-refractivity contribution in [3.05, 3.63) is 0 Å². The van der Waals surface area contributed by atoms with Crippen LogP contribution in [0, 0.1) is 29.6 Å². The fourth-order valence-corrected chi connectivity index (χ4v) is 7.39. The van der Waals surface area contributed by atoms with Crippen molar-refractivity contribution in [3.63, 3.8) is 0 Å². The minimum Gasteiger partial charge on any atom is -0.0654 e. The van der Waals surface area contributed by atoms with Crippen molar-refractivity contribution < 1.29 is 0 Å². The molecule has 0 spiro atoms. The van der Waals surface area contributed by atoms with Crippen LogP contribution in [-0.4, -0.2) is 0 Å². The molecule has 0 aromatic rings. The Bertz CT molecular complexity index is 480. The van der Waals surface area contributed by atoms with E-state index in [0.717, 1.165) is 29.6 Å². The van der Waals surface area contributed by atoms with Gasteiger partial charge in [0, 0.05) is 0 Å². The molecular weight excluding hydrogens is 492 g/mol. The number of hydrogen-bond acceptors (Lipinski definition) is 0. The van der Waals surface area contributed by atoms with Crippen LogP contribution in [0.25, 0.3) is 0 Å². The second kappa shape index (κ2) is 31.4. The van der Waals surface area contributed by atoms with Gasteiger partial charge in [-0.1, -0.05) is 215 Å². The fraction of sp³-hybridized carbons (Fsp3) is 1.00. The predicted molar refractivity (Wildman–Crippen MR) is 191 cm³/mol. The van der Waals surface area contributed by atoms with Crippen LogP contribution in [0.4, 0.5) is 0 Å². The molecule has 0 radical (unpaired) electrons. The van der Waals surface area contributed by atoms with E-state index in [1.165, 1.54) is 186 Å². The van der Waals surface area contributed by atoms with Gasteiger partial charge in [0.25, 0.3) is 0 Å². The Labute approximate surface area is 263 Å². The highest BCUT2D eigenvalue weighted by atomic mass is 14.3. The third-order valence-electron chi connectivity index (χ3n) is 10.7. The SMILES string of the molecule is CCCCCCCCCCCCC(C)CC(CCCCCCCCC)CC(CCCCCCC)CC(C)C(C)CC. The highest BCUT2D eigenvalue weighted by Gasteiger charge is 2.22. The van der Waals surface area contributed by atoms with Crippen LogP contribution in [0.3, 0.4) is 0 Å². The molecule has 0 saturated carbocycles. The van der Waals surface area contributed by atoms with E-state index in [9.17, 15) is 0 Å². The normalized spacial score (nSPS) is 15.6. The molecule has 0 aliphatic carbocycles. The zero-order valence-corrected chi connectivity index (χ0v) is 30.4. The predicted octanol–water partition coefficient (Wildman–Crippen LogP) is 15.5. The summed E-state index contributed by atoms with van der Waals surface area (Å²) in [7, 11) is 0. The average molecular weight is 577 g/mol. The molecule has 41 heavy (non-hydrogen) atoms. The molecule has 5 unspecified atom stereocenters. The summed E-state index contributed by atoms with van der Waals surface area (Å²) in [6.07, 6.45) is 42.4. The summed E-state index contributed by atoms with van der Waals surface area (Å²) in [5, 5.41) is 0. The summed E-state index contributed by atoms with van der Waals surface area (Å²) in [4.78, 5) is 0. The molecule has 0 aliphatic heterocycles. The lowest BCUT2D eigenvalue weighted by molar-refractivity contribution is 0.220. The summed E-state index contributed by atoms with van der Waals surface area (Å²) in [5.41, 5.74) is 0. The van der Waals surface area contributed by atoms with Crippen molar-refractivity contribution >= 4 is 0 Å². The largest absolute Gasteiger partial charge is 0.0654 e. The van der Waals surface area contributed by atoms with Gasteiger partial charge in [0.1, 0.15) is 0 Å². The molecule has 0 aromatic heterocycles. The molecule has 0 fully saturated rings. The summed E-state index contributed by atoms with van der Waals surface area (Å²) < 4.78 is 0. The van der Waals surface area contributed by atoms with Crippen LogP contribution in [-0.2, 0) is 0 Å². The van der Waals surface area contributed by atoms with Crippen molar-refractivity contribution in [3.8, 4) is 0 Å². The average Bonchev–Trinajstić information content (AvgIpc) is 2.96. The van der Waals surface area contributed by atoms with Gasteiger partial charge in [-0.15, -0.1) is 0 Å². The molecule has 248 valence electrons. The maximum Gasteiger partial charge on any atom is -0.0409 e. The first-order valence-corrected chi connectivity index (χ1v) is 20.0. The van der Waals surface area contributed by atoms with Gasteiger partial charge in [-0.2, -0.15) is 0 Å². The van der Waals surface area contributed by atoms with Crippen molar-refractivity contribution in [2.45, 2.75) is 235 Å². The smallest absolute Gasteiger partial charge is 0.0409 e. The Kier molecular flexibility index (Phi) is 31.4. The first kappa shape index (κ1) is 41.0. The zero-order valence-electron chi connectivity index (χ0n) is 30.4. The summed E-state index contributed by atoms with van der Waals surface area (Å²) >= 11 is 0. The van der Waals surface area contributed by atoms with Gasteiger partial charge in [0.15, 0.2) is 0 Å². The third-order valence-corrected chi connectivity index (χ3v) is 10.7. The molecule has 0 aromatic carbocycles. The Morgan fingerprint density at radius 1 is 0.317 bits per heavy atom. The molecule has 0 bridgehead atoms. The standard InChI is InChI=1S/C41H84/c1-8-12-15-18-20-21-22-24-26-28-31-37(5)34-40(32-30-27-23-19-16-13-9-2)36-41(33-29-25-17-14-10-3)35-39(7)38(6)11-4/h37-41H,8-36H2,1-7H3. The monoisotopic (exact) mass is 577 g/mol. The van der Waals surface area contributed by atoms with Gasteiger partial charge in [-0.25, -0.2) is 0 Å². The molecule has 0 amide bonds. The molecule has 0 nitrogen and oxygen atoms in total. The molecule has 0 heteroatoms. The van der Waals surface area contributed by atoms with E-state index in [1.807, 2.05) is 0 Å². The quantitative estimate of drug-likeness (QED) is 0.0681. The van der Waals surface area contributed by atoms with E-state index in [2.05, 4.69) is 48.5 Å². The summed E-state index contributed by atoms with van der Waals surface area (Å²) in [6.45, 7) is 17.1. The summed E-state index contributed by atoms with van der Waals surface area (Å²) in [6, 6.07) is 0. The van der Waals surface area contributed by atoms with E-state index in [-0.39, 0.29) is 0 Å². The summed E-state index contributed by atoms with van der Waals surface area (Å²) in [5.74, 6) is 4.65. The Morgan fingerprint density at radius 3 is 1.05 bits per heavy atom. The van der Waals surface area contributed by atoms with Gasteiger partial charge in [-0.3, -0.25) is 0 Å². The third kappa shape index (κ3) is 27.3. The van der Waals surface area contributed by atoms with Gasteiger partial charge in [0.05, 0.1) is 0 Å². The molecular formula is C41H84. The van der Waals surface area contributed by atoms with E-state index < -0.39 is 0 Å². The van der Waals surface area contributed by atoms with Gasteiger partial charge in [0.2, 0.25) is 0 Å². The highest BCUT2D eigenvalue weighted by molar-refractivity contribution is 4.74. The Hall–Kier alpha value is 0. The molecule has 0 heterocycles. The Balaban J connectivity index is 4.77. The second-order valence-corrected chi connectivity index (χ2v) is 15.0. The Morgan fingerprint density at radius 2 is 0.659 bits per heavy atom. The van der Waals surface area contributed by atoms with Crippen molar-refractivity contribution in [1.29, 1.82) is 0 Å². The topological polar surface area (TPSA) is 0 Å². The van der Waals surface area contributed by atoms with Crippen LogP contribution >= 0.6 is 0 Å². The number of hydrogen-bond donors (Lipinski definition) is 0. The first-order valence-electron chi connectivity index (χ1n) is 20.0. The number of rotatable bonds is 33. The number of unbranched alkanes of at least 4 members (excludes halogenated alkanes) is 19. The lowest BCUT2D eigenvalue weighted by Crippen LogP contribution is -2.18. The van der Waals surface area contributed by atoms with Gasteiger partial charge < -0.3 is 0 Å². The molecule has 0 rings (SSSR count). The molecule has 0 aliphatic rings. The van der Waals surface area contributed by atoms with Crippen LogP contribution in [0.1, 0.15) is 235 Å². The second-order valence-electron chi connectivity index (χ2n) is 15.0. The lowest BCUT2D eigenvalue weighted by Gasteiger charge is -2.30. The lowest BCUT2D eigenvalue weighted by atomic mass is 9.76. The maximum absolute atomic E-state index is 2.60. The van der Waals surface area contributed by atoms with E-state index in [0.29, 0.717) is 0 Å². The van der Waals surface area contributed by atoms with Crippen molar-refractivity contribution in [2.24, 2.45) is 29.6 Å². The highest BCUT2D eigenvalue weighted by Crippen LogP contribution is 2.35.